The molecule has 3 unspecified atom stereocenters. The molecule has 10 heteroatoms. The quantitative estimate of drug-likeness (QED) is 0.265. The predicted octanol–water partition coefficient (Wildman–Crippen LogP) is 6.40. The Hall–Kier alpha value is -2.85. The van der Waals surface area contributed by atoms with Gasteiger partial charge < -0.3 is 24.5 Å². The molecule has 2 N–H and O–H groups in total. The van der Waals surface area contributed by atoms with Gasteiger partial charge in [0.05, 0.1) is 22.8 Å². The Labute approximate surface area is 261 Å². The van der Waals surface area contributed by atoms with Crippen molar-refractivity contribution in [2.24, 2.45) is 5.92 Å². The van der Waals surface area contributed by atoms with E-state index in [1.807, 2.05) is 6.92 Å². The monoisotopic (exact) mass is 631 g/mol. The number of hydrogen-bond acceptors (Lipinski definition) is 6. The highest BCUT2D eigenvalue weighted by atomic mass is 35.5. The molecule has 3 atom stereocenters. The summed E-state index contributed by atoms with van der Waals surface area (Å²) in [6.07, 6.45) is 2.22. The molecular formula is C33H36Cl2FNO6. The maximum Gasteiger partial charge on any atom is 0.257 e. The lowest BCUT2D eigenvalue weighted by Crippen LogP contribution is -2.48. The van der Waals surface area contributed by atoms with Crippen LogP contribution in [-0.4, -0.2) is 54.7 Å². The van der Waals surface area contributed by atoms with Crippen LogP contribution in [0.4, 0.5) is 4.39 Å². The van der Waals surface area contributed by atoms with Crippen LogP contribution in [0, 0.1) is 11.7 Å². The van der Waals surface area contributed by atoms with E-state index in [1.54, 1.807) is 54.6 Å². The molecule has 0 radical (unpaired) electrons. The zero-order valence-corrected chi connectivity index (χ0v) is 25.9. The highest BCUT2D eigenvalue weighted by Crippen LogP contribution is 2.52. The standard InChI is InChI=1S/C32H32Cl2FNO5.CH4O/c1-3-31(39,21-13-16-41-17-14-21)23-18-26-29(27(35)19-23)32(40-2,22-6-10-25(34)11-7-22)36(30(26)38)28(12-15-37)20-4-8-24(33)9-5-20;1-2/h4-11,15,18-19,21,28,39H,3,12-14,16-17H2,1-2H3;2H,1H3. The molecule has 0 spiro atoms. The number of aldehydes is 1. The van der Waals surface area contributed by atoms with Gasteiger partial charge in [0, 0.05) is 49.5 Å². The number of rotatable bonds is 9. The maximum atomic E-state index is 16.6. The number of benzene rings is 3. The number of hydrogen-bond donors (Lipinski definition) is 2. The Balaban J connectivity index is 0.00000207. The number of carbonyl (C=O) groups excluding carboxylic acids is 2. The fourth-order valence-electron chi connectivity index (χ4n) is 6.47. The van der Waals surface area contributed by atoms with Crippen LogP contribution in [0.5, 0.6) is 0 Å². The summed E-state index contributed by atoms with van der Waals surface area (Å²) in [5.41, 5.74) is -1.57. The number of halogens is 3. The number of ether oxygens (including phenoxy) is 2. The number of nitrogens with zero attached hydrogens (tertiary/aromatic N) is 1. The Morgan fingerprint density at radius 1 is 1.09 bits per heavy atom. The molecule has 0 aliphatic carbocycles. The molecule has 2 aliphatic heterocycles. The highest BCUT2D eigenvalue weighted by Gasteiger charge is 2.57. The summed E-state index contributed by atoms with van der Waals surface area (Å²) in [5, 5.41) is 19.9. The summed E-state index contributed by atoms with van der Waals surface area (Å²) in [6, 6.07) is 15.5. The minimum Gasteiger partial charge on any atom is -0.400 e. The third kappa shape index (κ3) is 5.84. The van der Waals surface area contributed by atoms with Gasteiger partial charge in [-0.25, -0.2) is 4.39 Å². The Bertz CT molecular complexity index is 1430. The lowest BCUT2D eigenvalue weighted by molar-refractivity contribution is -0.116. The molecule has 43 heavy (non-hydrogen) atoms. The second-order valence-corrected chi connectivity index (χ2v) is 11.4. The molecule has 7 nitrogen and oxygen atoms in total. The van der Waals surface area contributed by atoms with Gasteiger partial charge in [-0.3, -0.25) is 9.69 Å². The van der Waals surface area contributed by atoms with Gasteiger partial charge in [0.1, 0.15) is 12.1 Å². The van der Waals surface area contributed by atoms with Crippen molar-refractivity contribution < 1.29 is 33.7 Å². The van der Waals surface area contributed by atoms with Crippen molar-refractivity contribution in [3.05, 3.63) is 104 Å². The van der Waals surface area contributed by atoms with Gasteiger partial charge in [0.15, 0.2) is 5.72 Å². The molecule has 230 valence electrons. The Morgan fingerprint density at radius 2 is 1.67 bits per heavy atom. The number of fused-ring (bicyclic) bond motifs is 1. The van der Waals surface area contributed by atoms with Crippen LogP contribution in [0.3, 0.4) is 0 Å². The number of aliphatic hydroxyl groups is 2. The molecule has 1 saturated heterocycles. The molecule has 0 aromatic heterocycles. The van der Waals surface area contributed by atoms with Crippen molar-refractivity contribution in [2.75, 3.05) is 27.4 Å². The Morgan fingerprint density at radius 3 is 2.21 bits per heavy atom. The van der Waals surface area contributed by atoms with Crippen molar-refractivity contribution in [2.45, 2.75) is 50.0 Å². The zero-order chi connectivity index (χ0) is 31.4. The summed E-state index contributed by atoms with van der Waals surface area (Å²) >= 11 is 12.3. The van der Waals surface area contributed by atoms with Crippen LogP contribution >= 0.6 is 23.2 Å². The van der Waals surface area contributed by atoms with Crippen molar-refractivity contribution in [1.82, 2.24) is 4.90 Å². The van der Waals surface area contributed by atoms with Crippen LogP contribution in [0.15, 0.2) is 60.7 Å². The molecule has 2 aliphatic rings. The van der Waals surface area contributed by atoms with Gasteiger partial charge in [-0.1, -0.05) is 54.4 Å². The SMILES string of the molecule is CCC(O)(c1cc(F)c2c(c1)C(=O)N(C(CC=O)c1ccc(Cl)cc1)C2(OC)c1ccc(Cl)cc1)C1CCOCC1.CO. The molecule has 1 amide bonds. The van der Waals surface area contributed by atoms with Crippen molar-refractivity contribution in [3.63, 3.8) is 0 Å². The minimum absolute atomic E-state index is 0.0198. The molecule has 5 rings (SSSR count). The topological polar surface area (TPSA) is 96.3 Å². The number of carbonyl (C=O) groups is 2. The van der Waals surface area contributed by atoms with Crippen molar-refractivity contribution in [1.29, 1.82) is 0 Å². The lowest BCUT2D eigenvalue weighted by atomic mass is 9.74. The summed E-state index contributed by atoms with van der Waals surface area (Å²) in [5.74, 6) is -1.37. The first-order valence-electron chi connectivity index (χ1n) is 14.1. The summed E-state index contributed by atoms with van der Waals surface area (Å²) in [7, 11) is 2.40. The van der Waals surface area contributed by atoms with E-state index in [1.165, 1.54) is 18.1 Å². The largest absolute Gasteiger partial charge is 0.400 e. The summed E-state index contributed by atoms with van der Waals surface area (Å²) < 4.78 is 28.2. The van der Waals surface area contributed by atoms with Crippen LogP contribution < -0.4 is 0 Å². The fourth-order valence-corrected chi connectivity index (χ4v) is 6.72. The maximum absolute atomic E-state index is 16.6. The van der Waals surface area contributed by atoms with E-state index < -0.39 is 29.1 Å². The molecule has 3 aromatic rings. The van der Waals surface area contributed by atoms with Crippen LogP contribution in [0.25, 0.3) is 0 Å². The first-order valence-corrected chi connectivity index (χ1v) is 14.9. The first-order chi connectivity index (χ1) is 20.7. The third-order valence-corrected chi connectivity index (χ3v) is 9.07. The average molecular weight is 633 g/mol. The zero-order valence-electron chi connectivity index (χ0n) is 24.4. The van der Waals surface area contributed by atoms with Gasteiger partial charge in [0.25, 0.3) is 5.91 Å². The molecular weight excluding hydrogens is 596 g/mol. The molecule has 2 heterocycles. The van der Waals surface area contributed by atoms with Crippen LogP contribution in [0.2, 0.25) is 10.0 Å². The number of aliphatic hydroxyl groups excluding tert-OH is 1. The van der Waals surface area contributed by atoms with Crippen LogP contribution in [-0.2, 0) is 25.6 Å². The molecule has 3 aromatic carbocycles. The fraction of sp³-hybridized carbons (Fsp3) is 0.394. The van der Waals surface area contributed by atoms with Gasteiger partial charge in [0.2, 0.25) is 0 Å². The second-order valence-electron chi connectivity index (χ2n) is 10.5. The van der Waals surface area contributed by atoms with E-state index in [0.29, 0.717) is 59.2 Å². The number of amides is 1. The number of methoxy groups -OCH3 is 1. The minimum atomic E-state index is -1.73. The van der Waals surface area contributed by atoms with E-state index in [0.717, 1.165) is 13.4 Å². The van der Waals surface area contributed by atoms with Crippen molar-refractivity contribution >= 4 is 35.4 Å². The van der Waals surface area contributed by atoms with E-state index in [4.69, 9.17) is 37.8 Å². The second kappa shape index (κ2) is 13.8. The van der Waals surface area contributed by atoms with E-state index in [2.05, 4.69) is 0 Å². The predicted molar refractivity (Wildman–Crippen MR) is 163 cm³/mol. The smallest absolute Gasteiger partial charge is 0.257 e. The normalized spacial score (nSPS) is 20.6. The Kier molecular flexibility index (Phi) is 10.6. The molecule has 0 bridgehead atoms. The highest BCUT2D eigenvalue weighted by molar-refractivity contribution is 6.30. The van der Waals surface area contributed by atoms with E-state index in [-0.39, 0.29) is 23.5 Å². The third-order valence-electron chi connectivity index (χ3n) is 8.57. The molecule has 1 fully saturated rings. The first kappa shape index (κ1) is 33.1. The van der Waals surface area contributed by atoms with Gasteiger partial charge in [-0.2, -0.15) is 0 Å². The molecule has 0 saturated carbocycles. The average Bonchev–Trinajstić information content (AvgIpc) is 3.30. The summed E-state index contributed by atoms with van der Waals surface area (Å²) in [6.45, 7) is 2.86. The van der Waals surface area contributed by atoms with Crippen molar-refractivity contribution in [3.8, 4) is 0 Å². The summed E-state index contributed by atoms with van der Waals surface area (Å²) in [4.78, 5) is 27.9. The van der Waals surface area contributed by atoms with E-state index in [9.17, 15) is 14.7 Å². The van der Waals surface area contributed by atoms with Gasteiger partial charge in [-0.15, -0.1) is 0 Å². The van der Waals surface area contributed by atoms with E-state index >= 15 is 4.39 Å². The lowest BCUT2D eigenvalue weighted by Gasteiger charge is -2.42. The van der Waals surface area contributed by atoms with Gasteiger partial charge in [-0.05, 0) is 72.7 Å². The van der Waals surface area contributed by atoms with Gasteiger partial charge >= 0.3 is 0 Å². The van der Waals surface area contributed by atoms with Crippen LogP contribution in [0.1, 0.15) is 71.3 Å².